The maximum atomic E-state index is 13.4. The van der Waals surface area contributed by atoms with Crippen LogP contribution in [0.15, 0.2) is 54.6 Å². The van der Waals surface area contributed by atoms with Crippen LogP contribution in [-0.4, -0.2) is 135 Å². The molecule has 3 heterocycles. The number of hydrogen-bond acceptors (Lipinski definition) is 9. The average molecular weight is 821 g/mol. The zero-order valence-electron chi connectivity index (χ0n) is 35.7. The Kier molecular flexibility index (Phi) is 19.6. The summed E-state index contributed by atoms with van der Waals surface area (Å²) in [5, 5.41) is 10.4. The Morgan fingerprint density at radius 3 is 2.14 bits per heavy atom. The minimum Gasteiger partial charge on any atom is -0.464 e. The normalized spacial score (nSPS) is 19.6. The van der Waals surface area contributed by atoms with Crippen LogP contribution in [0.2, 0.25) is 0 Å². The highest BCUT2D eigenvalue weighted by Gasteiger charge is 2.41. The van der Waals surface area contributed by atoms with Gasteiger partial charge in [0, 0.05) is 58.2 Å². The van der Waals surface area contributed by atoms with Crippen LogP contribution in [0, 0.1) is 12.8 Å². The maximum Gasteiger partial charge on any atom is 0.328 e. The molecule has 0 bridgehead atoms. The lowest BCUT2D eigenvalue weighted by Crippen LogP contribution is -2.57. The van der Waals surface area contributed by atoms with Crippen molar-refractivity contribution in [2.45, 2.75) is 96.8 Å². The van der Waals surface area contributed by atoms with Crippen LogP contribution in [0.4, 0.5) is 16.2 Å². The number of nitrogens with one attached hydrogen (secondary N) is 4. The maximum absolute atomic E-state index is 13.4. The number of piperidine rings is 1. The van der Waals surface area contributed by atoms with Crippen molar-refractivity contribution in [1.82, 2.24) is 30.7 Å². The number of hydrogen-bond donors (Lipinski definition) is 4. The highest BCUT2D eigenvalue weighted by molar-refractivity contribution is 5.93. The Morgan fingerprint density at radius 1 is 0.881 bits per heavy atom. The van der Waals surface area contributed by atoms with Gasteiger partial charge in [-0.2, -0.15) is 0 Å². The number of aryl methyl sites for hydroxylation is 1. The number of likely N-dealkylation sites (tertiary alicyclic amines) is 3. The summed E-state index contributed by atoms with van der Waals surface area (Å²) in [4.78, 5) is 91.5. The molecule has 324 valence electrons. The van der Waals surface area contributed by atoms with Gasteiger partial charge in [0.1, 0.15) is 24.7 Å². The molecular formula is C43H64N8O8. The molecule has 0 aliphatic carbocycles. The number of amides is 7. The average Bonchev–Trinajstić information content (AvgIpc) is 3.87. The van der Waals surface area contributed by atoms with E-state index in [0.717, 1.165) is 18.5 Å². The van der Waals surface area contributed by atoms with Crippen LogP contribution in [0.25, 0.3) is 0 Å². The molecule has 2 aromatic rings. The Morgan fingerprint density at radius 2 is 1.54 bits per heavy atom. The van der Waals surface area contributed by atoms with Gasteiger partial charge in [-0.1, -0.05) is 42.8 Å². The van der Waals surface area contributed by atoms with Crippen molar-refractivity contribution in [3.8, 4) is 0 Å². The highest BCUT2D eigenvalue weighted by atomic mass is 16.5. The monoisotopic (exact) mass is 820 g/mol. The van der Waals surface area contributed by atoms with E-state index in [4.69, 9.17) is 4.74 Å². The van der Waals surface area contributed by atoms with Crippen molar-refractivity contribution >= 4 is 53.4 Å². The third kappa shape index (κ3) is 15.5. The molecule has 3 aliphatic heterocycles. The van der Waals surface area contributed by atoms with Gasteiger partial charge in [0.05, 0.1) is 13.0 Å². The van der Waals surface area contributed by atoms with Gasteiger partial charge in [0.25, 0.3) is 0 Å². The first-order chi connectivity index (χ1) is 28.1. The van der Waals surface area contributed by atoms with Crippen LogP contribution < -0.4 is 26.2 Å². The summed E-state index contributed by atoms with van der Waals surface area (Å²) in [5.74, 6) is -1.07. The molecule has 16 nitrogen and oxygen atoms in total. The van der Waals surface area contributed by atoms with Crippen molar-refractivity contribution in [2.75, 3.05) is 64.1 Å². The summed E-state index contributed by atoms with van der Waals surface area (Å²) in [6, 6.07) is 15.6. The Labute approximate surface area is 348 Å². The van der Waals surface area contributed by atoms with Crippen LogP contribution in [0.1, 0.15) is 71.3 Å². The standard InChI is InChI=1S/C24H38N4O6.C12H18N4O2.C7H8/c1-16(2)25-22(31)18-7-4-5-10-28(18)23(32)19-8-6-11-27(19)21(30)9-12-34-24(33)20-13-17(3)14-26(20)15-29;1-13-11(17)8-14-12(18)15-9-4-6-10(7-5-9)16(2)3;1-7-5-3-2-4-6-7/h15-20H,4-14H2,1-3H3,(H,25,31);4-7H,8H2,1-3H3,(H,13,17)(H2,14,15,18);2-6H,1H3. The SMILES string of the molecule is CC1CC(C(=O)OCCC(=O)N2CCCC2C(=O)N2CCCCC2C(=O)NC(C)C)N(C=O)C1.CNC(=O)CNC(=O)Nc1ccc(N(C)C)cc1.Cc1ccccc1. The molecule has 7 amide bonds. The quantitative estimate of drug-likeness (QED) is 0.184. The Balaban J connectivity index is 0.000000307. The molecule has 5 rings (SSSR count). The molecule has 4 atom stereocenters. The molecule has 2 aromatic carbocycles. The predicted octanol–water partition coefficient (Wildman–Crippen LogP) is 3.30. The first-order valence-electron chi connectivity index (χ1n) is 20.5. The molecular weight excluding hydrogens is 757 g/mol. The Bertz CT molecular complexity index is 1690. The molecule has 4 N–H and O–H groups in total. The van der Waals surface area contributed by atoms with Crippen molar-refractivity contribution in [1.29, 1.82) is 0 Å². The molecule has 59 heavy (non-hydrogen) atoms. The topological polar surface area (TPSA) is 190 Å². The summed E-state index contributed by atoms with van der Waals surface area (Å²) in [6.07, 6.45) is 4.83. The summed E-state index contributed by atoms with van der Waals surface area (Å²) in [5.41, 5.74) is 3.05. The lowest BCUT2D eigenvalue weighted by molar-refractivity contribution is -0.153. The number of ether oxygens (including phenoxy) is 1. The second-order valence-corrected chi connectivity index (χ2v) is 15.6. The number of nitrogens with zero attached hydrogens (tertiary/aromatic N) is 4. The Hall–Kier alpha value is -5.67. The summed E-state index contributed by atoms with van der Waals surface area (Å²) in [6.45, 7) is 9.20. The summed E-state index contributed by atoms with van der Waals surface area (Å²) in [7, 11) is 5.40. The molecule has 0 aromatic heterocycles. The van der Waals surface area contributed by atoms with Gasteiger partial charge in [0.15, 0.2) is 0 Å². The third-order valence-corrected chi connectivity index (χ3v) is 10.2. The van der Waals surface area contributed by atoms with E-state index >= 15 is 0 Å². The molecule has 16 heteroatoms. The fourth-order valence-corrected chi connectivity index (χ4v) is 7.07. The summed E-state index contributed by atoms with van der Waals surface area (Å²) >= 11 is 0. The molecule has 4 unspecified atom stereocenters. The van der Waals surface area contributed by atoms with Crippen LogP contribution in [-0.2, 0) is 33.5 Å². The smallest absolute Gasteiger partial charge is 0.328 e. The minimum atomic E-state index is -0.600. The largest absolute Gasteiger partial charge is 0.464 e. The van der Waals surface area contributed by atoms with Gasteiger partial charge in [0.2, 0.25) is 30.0 Å². The van der Waals surface area contributed by atoms with Gasteiger partial charge in [-0.3, -0.25) is 24.0 Å². The molecule has 3 saturated heterocycles. The van der Waals surface area contributed by atoms with E-state index in [2.05, 4.69) is 40.3 Å². The number of urea groups is 1. The fraction of sp³-hybridized carbons (Fsp3) is 0.558. The second kappa shape index (κ2) is 24.3. The number of anilines is 2. The minimum absolute atomic E-state index is 0.00954. The molecule has 0 saturated carbocycles. The van der Waals surface area contributed by atoms with Crippen LogP contribution in [0.3, 0.4) is 0 Å². The van der Waals surface area contributed by atoms with Gasteiger partial charge in [-0.25, -0.2) is 9.59 Å². The second-order valence-electron chi connectivity index (χ2n) is 15.6. The van der Waals surface area contributed by atoms with Crippen molar-refractivity contribution in [3.63, 3.8) is 0 Å². The first-order valence-corrected chi connectivity index (χ1v) is 20.5. The molecule has 0 radical (unpaired) electrons. The first kappa shape index (κ1) is 47.7. The van der Waals surface area contributed by atoms with E-state index in [1.54, 1.807) is 21.9 Å². The van der Waals surface area contributed by atoms with Crippen LogP contribution in [0.5, 0.6) is 0 Å². The highest BCUT2D eigenvalue weighted by Crippen LogP contribution is 2.26. The van der Waals surface area contributed by atoms with Gasteiger partial charge < -0.3 is 45.6 Å². The zero-order valence-corrected chi connectivity index (χ0v) is 35.7. The number of carbonyl (C=O) groups excluding carboxylic acids is 7. The van der Waals surface area contributed by atoms with Gasteiger partial charge in [-0.15, -0.1) is 0 Å². The van der Waals surface area contributed by atoms with E-state index < -0.39 is 30.1 Å². The van der Waals surface area contributed by atoms with Crippen molar-refractivity contribution < 1.29 is 38.3 Å². The molecule has 3 aliphatic rings. The number of rotatable bonds is 12. The predicted molar refractivity (Wildman–Crippen MR) is 226 cm³/mol. The third-order valence-electron chi connectivity index (χ3n) is 10.2. The van der Waals surface area contributed by atoms with Crippen molar-refractivity contribution in [2.24, 2.45) is 5.92 Å². The lowest BCUT2D eigenvalue weighted by Gasteiger charge is -2.38. The van der Waals surface area contributed by atoms with E-state index in [9.17, 15) is 33.6 Å². The van der Waals surface area contributed by atoms with Crippen LogP contribution >= 0.6 is 0 Å². The van der Waals surface area contributed by atoms with Gasteiger partial charge >= 0.3 is 12.0 Å². The van der Waals surface area contributed by atoms with E-state index in [1.165, 1.54) is 17.5 Å². The van der Waals surface area contributed by atoms with E-state index in [1.807, 2.05) is 70.1 Å². The lowest BCUT2D eigenvalue weighted by atomic mass is 9.99. The number of esters is 1. The van der Waals surface area contributed by atoms with E-state index in [0.29, 0.717) is 57.4 Å². The molecule has 3 fully saturated rings. The molecule has 0 spiro atoms. The van der Waals surface area contributed by atoms with E-state index in [-0.39, 0.29) is 55.2 Å². The zero-order chi connectivity index (χ0) is 43.5. The number of carbonyl (C=O) groups is 7. The number of benzene rings is 2. The van der Waals surface area contributed by atoms with Crippen molar-refractivity contribution in [3.05, 3.63) is 60.2 Å². The summed E-state index contributed by atoms with van der Waals surface area (Å²) < 4.78 is 5.30. The van der Waals surface area contributed by atoms with Gasteiger partial charge in [-0.05, 0) is 89.5 Å². The number of likely N-dealkylation sites (N-methyl/N-ethyl adjacent to an activating group) is 1. The fourth-order valence-electron chi connectivity index (χ4n) is 7.07.